The van der Waals surface area contributed by atoms with Crippen LogP contribution in [0.25, 0.3) is 0 Å². The lowest BCUT2D eigenvalue weighted by Gasteiger charge is -2.35. The first-order valence-electron chi connectivity index (χ1n) is 4.94. The molecule has 3 unspecified atom stereocenters. The standard InChI is InChI=1S/C10H20O2/c1-5-9-6-8(4)11-10(12-9)7(2)3/h7-10H,5-6H2,1-4H3. The molecule has 0 aliphatic carbocycles. The fraction of sp³-hybridized carbons (Fsp3) is 1.00. The van der Waals surface area contributed by atoms with Crippen molar-refractivity contribution in [3.63, 3.8) is 0 Å². The Morgan fingerprint density at radius 2 is 2.00 bits per heavy atom. The van der Waals surface area contributed by atoms with Crippen molar-refractivity contribution in [1.82, 2.24) is 0 Å². The molecule has 0 aromatic heterocycles. The topological polar surface area (TPSA) is 18.5 Å². The van der Waals surface area contributed by atoms with Crippen molar-refractivity contribution >= 4 is 0 Å². The van der Waals surface area contributed by atoms with Gasteiger partial charge in [-0.2, -0.15) is 0 Å². The van der Waals surface area contributed by atoms with Crippen molar-refractivity contribution in [1.29, 1.82) is 0 Å². The summed E-state index contributed by atoms with van der Waals surface area (Å²) in [5.74, 6) is 0.460. The molecule has 1 saturated heterocycles. The molecule has 1 aliphatic rings. The molecular weight excluding hydrogens is 152 g/mol. The van der Waals surface area contributed by atoms with E-state index in [-0.39, 0.29) is 6.29 Å². The molecule has 2 heteroatoms. The second-order valence-electron chi connectivity index (χ2n) is 3.96. The van der Waals surface area contributed by atoms with Crippen LogP contribution in [0.1, 0.15) is 40.5 Å². The first-order chi connectivity index (χ1) is 5.63. The number of hydrogen-bond donors (Lipinski definition) is 0. The molecular formula is C10H20O2. The summed E-state index contributed by atoms with van der Waals surface area (Å²) >= 11 is 0. The monoisotopic (exact) mass is 172 g/mol. The van der Waals surface area contributed by atoms with E-state index in [0.29, 0.717) is 18.1 Å². The molecule has 0 aromatic rings. The zero-order valence-electron chi connectivity index (χ0n) is 8.54. The molecule has 12 heavy (non-hydrogen) atoms. The predicted molar refractivity (Wildman–Crippen MR) is 49.0 cm³/mol. The molecule has 1 rings (SSSR count). The summed E-state index contributed by atoms with van der Waals surface area (Å²) in [6.07, 6.45) is 2.91. The lowest BCUT2D eigenvalue weighted by Crippen LogP contribution is -2.39. The van der Waals surface area contributed by atoms with Gasteiger partial charge < -0.3 is 9.47 Å². The van der Waals surface area contributed by atoms with E-state index in [2.05, 4.69) is 27.7 Å². The van der Waals surface area contributed by atoms with Crippen LogP contribution in [0.5, 0.6) is 0 Å². The summed E-state index contributed by atoms with van der Waals surface area (Å²) in [5.41, 5.74) is 0. The van der Waals surface area contributed by atoms with Crippen molar-refractivity contribution in [2.45, 2.75) is 59.0 Å². The van der Waals surface area contributed by atoms with Gasteiger partial charge in [-0.05, 0) is 19.8 Å². The van der Waals surface area contributed by atoms with E-state index in [1.165, 1.54) is 0 Å². The number of hydrogen-bond acceptors (Lipinski definition) is 2. The highest BCUT2D eigenvalue weighted by molar-refractivity contribution is 4.69. The molecule has 0 saturated carbocycles. The zero-order valence-corrected chi connectivity index (χ0v) is 8.54. The summed E-state index contributed by atoms with van der Waals surface area (Å²) in [6.45, 7) is 8.56. The van der Waals surface area contributed by atoms with Gasteiger partial charge >= 0.3 is 0 Å². The highest BCUT2D eigenvalue weighted by Crippen LogP contribution is 2.24. The summed E-state index contributed by atoms with van der Waals surface area (Å²) in [5, 5.41) is 0. The Balaban J connectivity index is 2.45. The highest BCUT2D eigenvalue weighted by atomic mass is 16.7. The maximum Gasteiger partial charge on any atom is 0.160 e. The van der Waals surface area contributed by atoms with Gasteiger partial charge in [-0.3, -0.25) is 0 Å². The third kappa shape index (κ3) is 2.46. The lowest BCUT2D eigenvalue weighted by atomic mass is 10.1. The molecule has 0 radical (unpaired) electrons. The fourth-order valence-corrected chi connectivity index (χ4v) is 1.51. The van der Waals surface area contributed by atoms with Crippen LogP contribution in [0.15, 0.2) is 0 Å². The predicted octanol–water partition coefficient (Wildman–Crippen LogP) is 2.57. The average molecular weight is 172 g/mol. The number of rotatable bonds is 2. The summed E-state index contributed by atoms with van der Waals surface area (Å²) in [6, 6.07) is 0. The Kier molecular flexibility index (Phi) is 3.53. The van der Waals surface area contributed by atoms with Gasteiger partial charge in [0.1, 0.15) is 0 Å². The van der Waals surface area contributed by atoms with Crippen molar-refractivity contribution in [3.05, 3.63) is 0 Å². The van der Waals surface area contributed by atoms with Crippen LogP contribution in [0.3, 0.4) is 0 Å². The third-order valence-corrected chi connectivity index (χ3v) is 2.29. The lowest BCUT2D eigenvalue weighted by molar-refractivity contribution is -0.255. The van der Waals surface area contributed by atoms with Crippen molar-refractivity contribution in [3.8, 4) is 0 Å². The largest absolute Gasteiger partial charge is 0.349 e. The van der Waals surface area contributed by atoms with E-state index in [9.17, 15) is 0 Å². The van der Waals surface area contributed by atoms with Gasteiger partial charge in [-0.1, -0.05) is 20.8 Å². The van der Waals surface area contributed by atoms with E-state index in [4.69, 9.17) is 9.47 Å². The second-order valence-corrected chi connectivity index (χ2v) is 3.96. The van der Waals surface area contributed by atoms with Gasteiger partial charge in [0.2, 0.25) is 0 Å². The van der Waals surface area contributed by atoms with Gasteiger partial charge in [0.15, 0.2) is 6.29 Å². The highest BCUT2D eigenvalue weighted by Gasteiger charge is 2.28. The maximum atomic E-state index is 5.75. The maximum absolute atomic E-state index is 5.75. The Morgan fingerprint density at radius 1 is 1.33 bits per heavy atom. The van der Waals surface area contributed by atoms with Crippen LogP contribution in [-0.2, 0) is 9.47 Å². The van der Waals surface area contributed by atoms with Crippen molar-refractivity contribution in [2.24, 2.45) is 5.92 Å². The Labute approximate surface area is 75.2 Å². The Morgan fingerprint density at radius 3 is 2.50 bits per heavy atom. The minimum absolute atomic E-state index is 0.0127. The molecule has 72 valence electrons. The van der Waals surface area contributed by atoms with Crippen LogP contribution in [0.4, 0.5) is 0 Å². The van der Waals surface area contributed by atoms with Crippen molar-refractivity contribution < 1.29 is 9.47 Å². The Hall–Kier alpha value is -0.0800. The summed E-state index contributed by atoms with van der Waals surface area (Å²) in [4.78, 5) is 0. The molecule has 0 N–H and O–H groups in total. The third-order valence-electron chi connectivity index (χ3n) is 2.29. The van der Waals surface area contributed by atoms with Gasteiger partial charge in [0.05, 0.1) is 12.2 Å². The van der Waals surface area contributed by atoms with E-state index in [0.717, 1.165) is 12.8 Å². The van der Waals surface area contributed by atoms with Crippen molar-refractivity contribution in [2.75, 3.05) is 0 Å². The Bertz CT molecular complexity index is 134. The van der Waals surface area contributed by atoms with E-state index < -0.39 is 0 Å². The van der Waals surface area contributed by atoms with Gasteiger partial charge in [-0.15, -0.1) is 0 Å². The zero-order chi connectivity index (χ0) is 9.14. The summed E-state index contributed by atoms with van der Waals surface area (Å²) in [7, 11) is 0. The first kappa shape index (κ1) is 10.0. The smallest absolute Gasteiger partial charge is 0.160 e. The summed E-state index contributed by atoms with van der Waals surface area (Å²) < 4.78 is 11.4. The number of ether oxygens (including phenoxy) is 2. The second kappa shape index (κ2) is 4.24. The van der Waals surface area contributed by atoms with E-state index in [1.807, 2.05) is 0 Å². The van der Waals surface area contributed by atoms with Crippen LogP contribution >= 0.6 is 0 Å². The van der Waals surface area contributed by atoms with Crippen LogP contribution in [-0.4, -0.2) is 18.5 Å². The normalized spacial score (nSPS) is 37.2. The van der Waals surface area contributed by atoms with Gasteiger partial charge in [0, 0.05) is 5.92 Å². The molecule has 3 atom stereocenters. The van der Waals surface area contributed by atoms with Gasteiger partial charge in [-0.25, -0.2) is 0 Å². The molecule has 0 bridgehead atoms. The molecule has 1 fully saturated rings. The molecule has 0 spiro atoms. The van der Waals surface area contributed by atoms with Crippen LogP contribution in [0, 0.1) is 5.92 Å². The van der Waals surface area contributed by atoms with E-state index in [1.54, 1.807) is 0 Å². The molecule has 2 nitrogen and oxygen atoms in total. The van der Waals surface area contributed by atoms with Crippen LogP contribution < -0.4 is 0 Å². The molecule has 0 aromatic carbocycles. The van der Waals surface area contributed by atoms with E-state index >= 15 is 0 Å². The SMILES string of the molecule is CCC1CC(C)OC(C(C)C)O1. The average Bonchev–Trinajstić information content (AvgIpc) is 2.03. The van der Waals surface area contributed by atoms with Gasteiger partial charge in [0.25, 0.3) is 0 Å². The minimum Gasteiger partial charge on any atom is -0.349 e. The first-order valence-corrected chi connectivity index (χ1v) is 4.94. The fourth-order valence-electron chi connectivity index (χ4n) is 1.51. The molecule has 0 amide bonds. The molecule has 1 aliphatic heterocycles. The molecule has 1 heterocycles. The minimum atomic E-state index is 0.0127. The quantitative estimate of drug-likeness (QED) is 0.637. The van der Waals surface area contributed by atoms with Crippen LogP contribution in [0.2, 0.25) is 0 Å².